The molecule has 2 heterocycles. The molecule has 2 aliphatic heterocycles. The molecule has 0 bridgehead atoms. The third-order valence-electron chi connectivity index (χ3n) is 6.25. The van der Waals surface area contributed by atoms with Gasteiger partial charge in [-0.3, -0.25) is 20.2 Å². The van der Waals surface area contributed by atoms with Gasteiger partial charge >= 0.3 is 11.9 Å². The van der Waals surface area contributed by atoms with Gasteiger partial charge in [0.25, 0.3) is 11.6 Å². The number of ether oxygens (including phenoxy) is 3. The van der Waals surface area contributed by atoms with Crippen LogP contribution in [-0.4, -0.2) is 46.2 Å². The van der Waals surface area contributed by atoms with Gasteiger partial charge in [-0.2, -0.15) is 0 Å². The van der Waals surface area contributed by atoms with Crippen LogP contribution >= 0.6 is 11.8 Å². The van der Waals surface area contributed by atoms with E-state index < -0.39 is 35.0 Å². The Morgan fingerprint density at radius 2 is 1.53 bits per heavy atom. The van der Waals surface area contributed by atoms with Crippen molar-refractivity contribution in [2.24, 2.45) is 5.73 Å². The fourth-order valence-corrected chi connectivity index (χ4v) is 5.75. The maximum absolute atomic E-state index is 13.8. The van der Waals surface area contributed by atoms with E-state index >= 15 is 0 Å². The highest BCUT2D eigenvalue weighted by atomic mass is 32.2. The van der Waals surface area contributed by atoms with Gasteiger partial charge in [0.15, 0.2) is 6.10 Å². The van der Waals surface area contributed by atoms with Gasteiger partial charge in [0.2, 0.25) is 0 Å². The first kappa shape index (κ1) is 25.6. The lowest BCUT2D eigenvalue weighted by atomic mass is 9.98. The molecule has 2 atom stereocenters. The second-order valence-corrected chi connectivity index (χ2v) is 9.95. The number of rotatable bonds is 8. The van der Waals surface area contributed by atoms with Crippen molar-refractivity contribution in [1.82, 2.24) is 4.90 Å². The lowest BCUT2D eigenvalue weighted by Gasteiger charge is -2.54. The van der Waals surface area contributed by atoms with E-state index in [4.69, 9.17) is 19.9 Å². The third kappa shape index (κ3) is 4.90. The predicted octanol–water partition coefficient (Wildman–Crippen LogP) is 3.79. The number of amides is 1. The Kier molecular flexibility index (Phi) is 7.22. The molecule has 38 heavy (non-hydrogen) atoms. The van der Waals surface area contributed by atoms with Crippen molar-refractivity contribution < 1.29 is 28.6 Å². The molecule has 0 radical (unpaired) electrons. The molecule has 0 aliphatic carbocycles. The minimum atomic E-state index is -1.66. The molecular formula is C29H26N2O6S. The summed E-state index contributed by atoms with van der Waals surface area (Å²) in [6, 6.07) is 27.5. The maximum atomic E-state index is 13.8. The Bertz CT molecular complexity index is 1330. The maximum Gasteiger partial charge on any atom is 0.356 e. The number of esters is 2. The molecule has 0 spiro atoms. The van der Waals surface area contributed by atoms with E-state index in [1.54, 1.807) is 24.3 Å². The van der Waals surface area contributed by atoms with E-state index in [0.29, 0.717) is 17.1 Å². The number of hydrogen-bond donors (Lipinski definition) is 1. The molecule has 0 aromatic heterocycles. The van der Waals surface area contributed by atoms with Gasteiger partial charge in [-0.15, -0.1) is 11.8 Å². The van der Waals surface area contributed by atoms with Crippen molar-refractivity contribution >= 4 is 29.6 Å². The highest BCUT2D eigenvalue weighted by Crippen LogP contribution is 2.46. The second kappa shape index (κ2) is 10.7. The van der Waals surface area contributed by atoms with E-state index in [2.05, 4.69) is 0 Å². The number of β-lactam (4-membered cyclic amide) rings is 1. The number of nitrogens with two attached hydrogens (primary N) is 1. The molecule has 3 aromatic carbocycles. The van der Waals surface area contributed by atoms with Gasteiger partial charge in [-0.25, -0.2) is 4.79 Å². The second-order valence-electron chi connectivity index (χ2n) is 8.89. The monoisotopic (exact) mass is 530 g/mol. The summed E-state index contributed by atoms with van der Waals surface area (Å²) in [5, 5.41) is -0.675. The number of thioether (sulfide) groups is 1. The number of carbonyl (C=O) groups is 3. The Balaban J connectivity index is 1.48. The summed E-state index contributed by atoms with van der Waals surface area (Å²) in [6.45, 7) is 1.13. The third-order valence-corrected chi connectivity index (χ3v) is 7.64. The molecule has 5 rings (SSSR count). The molecule has 194 valence electrons. The van der Waals surface area contributed by atoms with Gasteiger partial charge in [0.1, 0.15) is 23.4 Å². The molecule has 2 N–H and O–H groups in total. The molecule has 3 aromatic rings. The molecule has 1 amide bonds. The molecule has 8 nitrogen and oxygen atoms in total. The Morgan fingerprint density at radius 3 is 2.08 bits per heavy atom. The van der Waals surface area contributed by atoms with Gasteiger partial charge < -0.3 is 14.2 Å². The number of nitrogens with zero attached hydrogens (tertiary/aromatic N) is 1. The summed E-state index contributed by atoms with van der Waals surface area (Å²) < 4.78 is 17.2. The van der Waals surface area contributed by atoms with Crippen LogP contribution in [0.4, 0.5) is 0 Å². The van der Waals surface area contributed by atoms with Gasteiger partial charge in [0.05, 0.1) is 0 Å². The zero-order chi connectivity index (χ0) is 26.7. The zero-order valence-corrected chi connectivity index (χ0v) is 21.4. The molecule has 2 aliphatic rings. The van der Waals surface area contributed by atoms with E-state index in [-0.39, 0.29) is 12.3 Å². The van der Waals surface area contributed by atoms with Crippen molar-refractivity contribution in [3.05, 3.63) is 113 Å². The van der Waals surface area contributed by atoms with Crippen molar-refractivity contribution in [3.8, 4) is 5.75 Å². The number of hydrogen-bond acceptors (Lipinski definition) is 8. The molecule has 9 heteroatoms. The summed E-state index contributed by atoms with van der Waals surface area (Å²) in [4.78, 5) is 40.1. The van der Waals surface area contributed by atoms with Crippen LogP contribution in [0, 0.1) is 0 Å². The van der Waals surface area contributed by atoms with Crippen LogP contribution in [-0.2, 0) is 23.9 Å². The highest BCUT2D eigenvalue weighted by molar-refractivity contribution is 8.00. The van der Waals surface area contributed by atoms with E-state index in [0.717, 1.165) is 11.1 Å². The minimum Gasteiger partial charge on any atom is -0.461 e. The molecule has 1 fully saturated rings. The van der Waals surface area contributed by atoms with E-state index in [1.165, 1.54) is 23.6 Å². The number of para-hydroxylation sites is 1. The van der Waals surface area contributed by atoms with Crippen LogP contribution in [0.3, 0.4) is 0 Å². The van der Waals surface area contributed by atoms with Gasteiger partial charge in [-0.1, -0.05) is 78.9 Å². The fraction of sp³-hybridized carbons (Fsp3) is 0.207. The highest BCUT2D eigenvalue weighted by Gasteiger charge is 2.65. The largest absolute Gasteiger partial charge is 0.461 e. The summed E-state index contributed by atoms with van der Waals surface area (Å²) in [5.41, 5.74) is 6.81. The quantitative estimate of drug-likeness (QED) is 0.266. The van der Waals surface area contributed by atoms with Crippen LogP contribution in [0.15, 0.2) is 102 Å². The first-order valence-corrected chi connectivity index (χ1v) is 13.1. The summed E-state index contributed by atoms with van der Waals surface area (Å²) >= 11 is 1.33. The summed E-state index contributed by atoms with van der Waals surface area (Å²) in [5.74, 6) is -1.06. The Hall–Kier alpha value is -4.08. The van der Waals surface area contributed by atoms with Crippen LogP contribution in [0.1, 0.15) is 24.2 Å². The van der Waals surface area contributed by atoms with E-state index in [1.807, 2.05) is 66.7 Å². The van der Waals surface area contributed by atoms with Crippen molar-refractivity contribution in [2.45, 2.75) is 24.1 Å². The number of fused-ring (bicyclic) bond motifs is 1. The van der Waals surface area contributed by atoms with E-state index in [9.17, 15) is 14.4 Å². The average molecular weight is 531 g/mol. The lowest BCUT2D eigenvalue weighted by molar-refractivity contribution is -0.174. The first-order chi connectivity index (χ1) is 18.4. The zero-order valence-electron chi connectivity index (χ0n) is 20.6. The molecule has 0 saturated carbocycles. The molecule has 0 unspecified atom stereocenters. The predicted molar refractivity (Wildman–Crippen MR) is 142 cm³/mol. The van der Waals surface area contributed by atoms with Crippen LogP contribution < -0.4 is 10.5 Å². The standard InChI is InChI=1S/C29H26N2O6S/c1-19(32)35-17-22-18-38-28-29(30,37-23-15-9-4-10-16-23)27(34)31(28)24(22)26(33)36-25(20-11-5-2-6-12-20)21-13-7-3-8-14-21/h2-16,25,28H,17-18,30H2,1H3/t28-,29-/m1/s1. The van der Waals surface area contributed by atoms with Crippen LogP contribution in [0.2, 0.25) is 0 Å². The number of carbonyl (C=O) groups excluding carboxylic acids is 3. The molecular weight excluding hydrogens is 504 g/mol. The topological polar surface area (TPSA) is 108 Å². The minimum absolute atomic E-state index is 0.0228. The first-order valence-electron chi connectivity index (χ1n) is 12.0. The SMILES string of the molecule is CC(=O)OCC1=C(C(=O)OC(c2ccccc2)c2ccccc2)N2C(=O)[C@@](N)(Oc3ccccc3)[C@H]2SC1. The van der Waals surface area contributed by atoms with Gasteiger partial charge in [-0.05, 0) is 23.3 Å². The van der Waals surface area contributed by atoms with Crippen LogP contribution in [0.25, 0.3) is 0 Å². The normalized spacial score (nSPS) is 20.4. The number of benzene rings is 3. The average Bonchev–Trinajstić information content (AvgIpc) is 2.95. The van der Waals surface area contributed by atoms with Gasteiger partial charge in [0, 0.05) is 18.2 Å². The summed E-state index contributed by atoms with van der Waals surface area (Å²) in [7, 11) is 0. The van der Waals surface area contributed by atoms with Crippen molar-refractivity contribution in [1.29, 1.82) is 0 Å². The smallest absolute Gasteiger partial charge is 0.356 e. The summed E-state index contributed by atoms with van der Waals surface area (Å²) in [6.07, 6.45) is -0.722. The fourth-order valence-electron chi connectivity index (χ4n) is 4.43. The Morgan fingerprint density at radius 1 is 0.974 bits per heavy atom. The van der Waals surface area contributed by atoms with Crippen LogP contribution in [0.5, 0.6) is 5.75 Å². The molecule has 1 saturated heterocycles. The Labute approximate surface area is 224 Å². The lowest BCUT2D eigenvalue weighted by Crippen LogP contribution is -2.80. The van der Waals surface area contributed by atoms with Crippen molar-refractivity contribution in [2.75, 3.05) is 12.4 Å². The van der Waals surface area contributed by atoms with Crippen molar-refractivity contribution in [3.63, 3.8) is 0 Å².